The molecule has 38 valence electrons. The van der Waals surface area contributed by atoms with Crippen LogP contribution in [0.3, 0.4) is 0 Å². The average Bonchev–Trinajstić information content (AvgIpc) is 1.94. The maximum absolute atomic E-state index is 6.94. The minimum absolute atomic E-state index is 0.152. The Bertz CT molecular complexity index is 130. The van der Waals surface area contributed by atoms with Crippen LogP contribution in [-0.2, 0) is 4.74 Å². The Morgan fingerprint density at radius 1 is 1.86 bits per heavy atom. The zero-order chi connectivity index (χ0) is 5.82. The van der Waals surface area contributed by atoms with Gasteiger partial charge < -0.3 is 4.74 Å². The molecule has 0 aromatic carbocycles. The first-order chi connectivity index (χ1) is 3.89. The van der Waals surface area contributed by atoms with Crippen molar-refractivity contribution in [1.29, 1.82) is 0 Å². The van der Waals surface area contributed by atoms with Gasteiger partial charge in [0.15, 0.2) is 0 Å². The fourth-order valence-corrected chi connectivity index (χ4v) is 0.365. The zero-order valence-electron chi connectivity index (χ0n) is 4.92. The van der Waals surface area contributed by atoms with Gasteiger partial charge in [-0.25, -0.2) is 0 Å². The second-order valence-electron chi connectivity index (χ2n) is 1.22. The second kappa shape index (κ2) is 2.39. The summed E-state index contributed by atoms with van der Waals surface area (Å²) in [6.45, 7) is 0.582. The Balaban J connectivity index is 2.52. The smallest absolute Gasteiger partial charge is 0.105 e. The van der Waals surface area contributed by atoms with Crippen molar-refractivity contribution >= 4 is 6.21 Å². The lowest BCUT2D eigenvalue weighted by Crippen LogP contribution is -1.83. The molecular weight excluding hydrogens is 90.1 g/mol. The molecule has 0 aromatic rings. The highest BCUT2D eigenvalue weighted by atomic mass is 16.5. The predicted octanol–water partition coefficient (Wildman–Crippen LogP) is 0.949. The topological polar surface area (TPSA) is 21.6 Å². The van der Waals surface area contributed by atoms with Crippen molar-refractivity contribution in [2.45, 2.75) is 6.42 Å². The number of nitrogens with zero attached hydrogens (tertiary/aromatic N) is 1. The normalized spacial score (nSPS) is 21.7. The SMILES string of the molecule is [2H]C1=CN=CCCO1. The van der Waals surface area contributed by atoms with Gasteiger partial charge in [0.05, 0.1) is 12.8 Å². The first kappa shape index (κ1) is 3.24. The molecular formula is C5H7NO. The minimum atomic E-state index is 0.152. The van der Waals surface area contributed by atoms with Crippen LogP contribution in [0.25, 0.3) is 0 Å². The lowest BCUT2D eigenvalue weighted by atomic mass is 10.5. The number of hydrogen-bond donors (Lipinski definition) is 0. The van der Waals surface area contributed by atoms with Crippen molar-refractivity contribution in [3.05, 3.63) is 12.4 Å². The van der Waals surface area contributed by atoms with E-state index in [-0.39, 0.29) is 6.24 Å². The Kier molecular flexibility index (Phi) is 1.11. The van der Waals surface area contributed by atoms with Crippen LogP contribution in [0, 0.1) is 0 Å². The highest BCUT2D eigenvalue weighted by Gasteiger charge is 1.81. The minimum Gasteiger partial charge on any atom is -0.499 e. The summed E-state index contributed by atoms with van der Waals surface area (Å²) < 4.78 is 11.7. The molecule has 7 heavy (non-hydrogen) atoms. The summed E-state index contributed by atoms with van der Waals surface area (Å²) in [5.41, 5.74) is 0. The molecule has 0 N–H and O–H groups in total. The maximum atomic E-state index is 6.94. The lowest BCUT2D eigenvalue weighted by Gasteiger charge is -1.88. The summed E-state index contributed by atoms with van der Waals surface area (Å²) in [5, 5.41) is 0. The van der Waals surface area contributed by atoms with Gasteiger partial charge in [0.2, 0.25) is 0 Å². The van der Waals surface area contributed by atoms with E-state index in [1.807, 2.05) is 0 Å². The van der Waals surface area contributed by atoms with Crippen LogP contribution in [0.15, 0.2) is 17.4 Å². The van der Waals surface area contributed by atoms with Crippen molar-refractivity contribution in [2.24, 2.45) is 4.99 Å². The third-order valence-corrected chi connectivity index (χ3v) is 0.665. The van der Waals surface area contributed by atoms with E-state index >= 15 is 0 Å². The van der Waals surface area contributed by atoms with Gasteiger partial charge in [0, 0.05) is 12.6 Å². The standard InChI is InChI=1S/C5H7NO/c1-2-6-3-5-7-4-1/h2-3,5H,1,4H2/i5D. The van der Waals surface area contributed by atoms with E-state index < -0.39 is 0 Å². The van der Waals surface area contributed by atoms with Gasteiger partial charge in [-0.3, -0.25) is 4.99 Å². The summed E-state index contributed by atoms with van der Waals surface area (Å²) in [7, 11) is 0. The zero-order valence-corrected chi connectivity index (χ0v) is 3.92. The molecule has 0 saturated heterocycles. The lowest BCUT2D eigenvalue weighted by molar-refractivity contribution is 0.262. The third-order valence-electron chi connectivity index (χ3n) is 0.665. The predicted molar refractivity (Wildman–Crippen MR) is 28.2 cm³/mol. The van der Waals surface area contributed by atoms with E-state index in [1.54, 1.807) is 6.21 Å². The van der Waals surface area contributed by atoms with Gasteiger partial charge >= 0.3 is 0 Å². The first-order valence-electron chi connectivity index (χ1n) is 2.71. The molecule has 1 heterocycles. The van der Waals surface area contributed by atoms with Gasteiger partial charge in [-0.15, -0.1) is 0 Å². The van der Waals surface area contributed by atoms with Gasteiger partial charge in [-0.2, -0.15) is 0 Å². The molecule has 0 saturated carbocycles. The maximum Gasteiger partial charge on any atom is 0.105 e. The van der Waals surface area contributed by atoms with E-state index in [1.165, 1.54) is 6.20 Å². The summed E-state index contributed by atoms with van der Waals surface area (Å²) in [4.78, 5) is 3.75. The molecule has 2 heteroatoms. The van der Waals surface area contributed by atoms with Crippen molar-refractivity contribution < 1.29 is 6.11 Å². The summed E-state index contributed by atoms with van der Waals surface area (Å²) in [6.07, 6.45) is 4.09. The largest absolute Gasteiger partial charge is 0.499 e. The molecule has 0 amide bonds. The molecule has 1 rings (SSSR count). The Hall–Kier alpha value is -0.790. The van der Waals surface area contributed by atoms with Gasteiger partial charge in [0.25, 0.3) is 0 Å². The van der Waals surface area contributed by atoms with E-state index in [4.69, 9.17) is 6.11 Å². The molecule has 0 aliphatic carbocycles. The van der Waals surface area contributed by atoms with Crippen LogP contribution in [0.5, 0.6) is 0 Å². The fraction of sp³-hybridized carbons (Fsp3) is 0.400. The van der Waals surface area contributed by atoms with Crippen LogP contribution in [0.4, 0.5) is 0 Å². The van der Waals surface area contributed by atoms with E-state index in [0.29, 0.717) is 6.61 Å². The molecule has 0 spiro atoms. The molecule has 2 nitrogen and oxygen atoms in total. The molecule has 0 fully saturated rings. The highest BCUT2D eigenvalue weighted by molar-refractivity contribution is 5.58. The van der Waals surface area contributed by atoms with Crippen LogP contribution in [0.1, 0.15) is 7.79 Å². The van der Waals surface area contributed by atoms with E-state index in [2.05, 4.69) is 4.99 Å². The molecule has 0 aromatic heterocycles. The Morgan fingerprint density at radius 2 is 2.86 bits per heavy atom. The summed E-state index contributed by atoms with van der Waals surface area (Å²) >= 11 is 0. The first-order valence-corrected chi connectivity index (χ1v) is 2.21. The monoisotopic (exact) mass is 98.1 g/mol. The molecule has 0 unspecified atom stereocenters. The summed E-state index contributed by atoms with van der Waals surface area (Å²) in [5.74, 6) is 0. The molecule has 0 atom stereocenters. The van der Waals surface area contributed by atoms with Gasteiger partial charge in [-0.05, 0) is 0 Å². The highest BCUT2D eigenvalue weighted by Crippen LogP contribution is 1.86. The van der Waals surface area contributed by atoms with Crippen LogP contribution < -0.4 is 0 Å². The number of ether oxygens (including phenoxy) is 1. The number of rotatable bonds is 0. The Labute approximate surface area is 43.9 Å². The summed E-state index contributed by atoms with van der Waals surface area (Å²) in [6, 6.07) is 0. The fourth-order valence-electron chi connectivity index (χ4n) is 0.365. The quantitative estimate of drug-likeness (QED) is 0.442. The van der Waals surface area contributed by atoms with Crippen molar-refractivity contribution in [2.75, 3.05) is 6.61 Å². The second-order valence-corrected chi connectivity index (χ2v) is 1.22. The Morgan fingerprint density at radius 3 is 3.86 bits per heavy atom. The van der Waals surface area contributed by atoms with Gasteiger partial charge in [-0.1, -0.05) is 0 Å². The molecule has 0 radical (unpaired) electrons. The molecule has 1 aliphatic rings. The van der Waals surface area contributed by atoms with Crippen LogP contribution in [0.2, 0.25) is 0 Å². The van der Waals surface area contributed by atoms with Crippen LogP contribution >= 0.6 is 0 Å². The van der Waals surface area contributed by atoms with Crippen LogP contribution in [-0.4, -0.2) is 12.8 Å². The molecule has 1 aliphatic heterocycles. The average molecular weight is 98.1 g/mol. The van der Waals surface area contributed by atoms with Crippen molar-refractivity contribution in [1.82, 2.24) is 0 Å². The van der Waals surface area contributed by atoms with Crippen molar-refractivity contribution in [3.63, 3.8) is 0 Å². The molecule has 0 bridgehead atoms. The third kappa shape index (κ3) is 1.39. The van der Waals surface area contributed by atoms with E-state index in [9.17, 15) is 0 Å². The van der Waals surface area contributed by atoms with Gasteiger partial charge in [0.1, 0.15) is 7.61 Å². The number of aliphatic imine (C=N–C) groups is 1. The number of hydrogen-bond acceptors (Lipinski definition) is 2. The van der Waals surface area contributed by atoms with E-state index in [0.717, 1.165) is 6.42 Å². The van der Waals surface area contributed by atoms with Crippen molar-refractivity contribution in [3.8, 4) is 0 Å².